The molecule has 2 N–H and O–H groups in total. The second-order valence-corrected chi connectivity index (χ2v) is 8.04. The molecular formula is C26H21F3N4O3. The first kappa shape index (κ1) is 24.6. The van der Waals surface area contributed by atoms with Crippen LogP contribution in [-0.4, -0.2) is 28.9 Å². The minimum Gasteiger partial charge on any atom is -0.364 e. The minimum atomic E-state index is -0.761. The first-order valence-corrected chi connectivity index (χ1v) is 11.1. The van der Waals surface area contributed by atoms with Crippen molar-refractivity contribution < 1.29 is 22.9 Å². The molecule has 1 aromatic heterocycles. The predicted molar refractivity (Wildman–Crippen MR) is 129 cm³/mol. The Morgan fingerprint density at radius 2 is 1.39 bits per heavy atom. The molecule has 0 bridgehead atoms. The summed E-state index contributed by atoms with van der Waals surface area (Å²) in [5, 5.41) is 17.6. The highest BCUT2D eigenvalue weighted by molar-refractivity contribution is 6.11. The van der Waals surface area contributed by atoms with Crippen LogP contribution >= 0.6 is 0 Å². The molecule has 0 spiro atoms. The van der Waals surface area contributed by atoms with Crippen LogP contribution in [0.3, 0.4) is 0 Å². The summed E-state index contributed by atoms with van der Waals surface area (Å²) in [6.45, 7) is 0.339. The van der Waals surface area contributed by atoms with Crippen LogP contribution in [0.4, 0.5) is 24.7 Å². The maximum atomic E-state index is 14.0. The molecule has 4 rings (SSSR count). The smallest absolute Gasteiger partial charge is 0.324 e. The molecule has 0 aliphatic rings. The lowest BCUT2D eigenvalue weighted by molar-refractivity contribution is -0.384. The number of hydrogen-bond acceptors (Lipinski definition) is 5. The summed E-state index contributed by atoms with van der Waals surface area (Å²) in [7, 11) is 0. The third-order valence-corrected chi connectivity index (χ3v) is 5.56. The van der Waals surface area contributed by atoms with E-state index in [9.17, 15) is 28.1 Å². The van der Waals surface area contributed by atoms with E-state index in [0.717, 1.165) is 23.3 Å². The molecule has 184 valence electrons. The average Bonchev–Trinajstić information content (AvgIpc) is 2.85. The molecule has 0 atom stereocenters. The summed E-state index contributed by atoms with van der Waals surface area (Å²) < 4.78 is 40.3. The van der Waals surface area contributed by atoms with Gasteiger partial charge in [-0.15, -0.1) is 0 Å². The van der Waals surface area contributed by atoms with Gasteiger partial charge in [-0.1, -0.05) is 24.3 Å². The zero-order chi connectivity index (χ0) is 25.7. The standard InChI is InChI=1S/C26H21F3N4O3/c27-18-5-1-16(2-6-18)11-13-30-25-24(33(35)36)23(21-15-20(29)9-10-22(21)32-25)26(34)31-14-12-17-3-7-19(28)8-4-17/h1-10,15H,11-14H2,(H,30,32)(H,31,34). The molecule has 3 aromatic carbocycles. The number of nitrogens with zero attached hydrogens (tertiary/aromatic N) is 2. The Bertz CT molecular complexity index is 1410. The summed E-state index contributed by atoms with van der Waals surface area (Å²) >= 11 is 0. The molecule has 4 aromatic rings. The van der Waals surface area contributed by atoms with Crippen molar-refractivity contribution in [2.24, 2.45) is 0 Å². The highest BCUT2D eigenvalue weighted by atomic mass is 19.1. The highest BCUT2D eigenvalue weighted by Gasteiger charge is 2.29. The Labute approximate surface area is 204 Å². The Balaban J connectivity index is 1.61. The minimum absolute atomic E-state index is 0.00469. The van der Waals surface area contributed by atoms with Crippen LogP contribution in [-0.2, 0) is 12.8 Å². The number of nitrogens with one attached hydrogen (secondary N) is 2. The van der Waals surface area contributed by atoms with Gasteiger partial charge in [0.15, 0.2) is 0 Å². The van der Waals surface area contributed by atoms with E-state index in [1.54, 1.807) is 24.3 Å². The quantitative estimate of drug-likeness (QED) is 0.247. The van der Waals surface area contributed by atoms with E-state index in [0.29, 0.717) is 12.8 Å². The maximum Gasteiger partial charge on any atom is 0.324 e. The molecule has 1 amide bonds. The first-order chi connectivity index (χ1) is 17.3. The molecular weight excluding hydrogens is 473 g/mol. The van der Waals surface area contributed by atoms with E-state index in [1.165, 1.54) is 30.3 Å². The number of hydrogen-bond donors (Lipinski definition) is 2. The van der Waals surface area contributed by atoms with Crippen LogP contribution in [0.5, 0.6) is 0 Å². The van der Waals surface area contributed by atoms with Crippen molar-refractivity contribution in [2.75, 3.05) is 18.4 Å². The molecule has 7 nitrogen and oxygen atoms in total. The van der Waals surface area contributed by atoms with Crippen LogP contribution in [0, 0.1) is 27.6 Å². The summed E-state index contributed by atoms with van der Waals surface area (Å²) in [6, 6.07) is 15.1. The molecule has 0 aliphatic carbocycles. The summed E-state index contributed by atoms with van der Waals surface area (Å²) in [6.07, 6.45) is 0.778. The molecule has 0 saturated carbocycles. The lowest BCUT2D eigenvalue weighted by Gasteiger charge is -2.13. The monoisotopic (exact) mass is 494 g/mol. The molecule has 0 unspecified atom stereocenters. The third kappa shape index (κ3) is 5.77. The molecule has 36 heavy (non-hydrogen) atoms. The Kier molecular flexibility index (Phi) is 7.43. The highest BCUT2D eigenvalue weighted by Crippen LogP contribution is 2.33. The van der Waals surface area contributed by atoms with Gasteiger partial charge in [-0.25, -0.2) is 18.2 Å². The van der Waals surface area contributed by atoms with Crippen molar-refractivity contribution in [3.05, 3.63) is 111 Å². The van der Waals surface area contributed by atoms with Gasteiger partial charge in [-0.3, -0.25) is 14.9 Å². The lowest BCUT2D eigenvalue weighted by atomic mass is 10.0. The van der Waals surface area contributed by atoms with Gasteiger partial charge in [-0.2, -0.15) is 0 Å². The van der Waals surface area contributed by atoms with Crippen molar-refractivity contribution in [1.82, 2.24) is 10.3 Å². The number of amides is 1. The Morgan fingerprint density at radius 3 is 1.97 bits per heavy atom. The van der Waals surface area contributed by atoms with Crippen LogP contribution in [0.1, 0.15) is 21.5 Å². The SMILES string of the molecule is O=C(NCCc1ccc(F)cc1)c1c([N+](=O)[O-])c(NCCc2ccc(F)cc2)nc2ccc(F)cc12. The number of rotatable bonds is 9. The van der Waals surface area contributed by atoms with Gasteiger partial charge in [0.05, 0.1) is 10.4 Å². The maximum absolute atomic E-state index is 14.0. The second kappa shape index (κ2) is 10.9. The molecule has 1 heterocycles. The van der Waals surface area contributed by atoms with Gasteiger partial charge in [0, 0.05) is 18.5 Å². The molecule has 0 radical (unpaired) electrons. The number of fused-ring (bicyclic) bond motifs is 1. The van der Waals surface area contributed by atoms with E-state index >= 15 is 0 Å². The number of carbonyl (C=O) groups is 1. The number of halogens is 3. The fraction of sp³-hybridized carbons (Fsp3) is 0.154. The molecule has 0 saturated heterocycles. The van der Waals surface area contributed by atoms with E-state index in [1.807, 2.05) is 0 Å². The third-order valence-electron chi connectivity index (χ3n) is 5.56. The van der Waals surface area contributed by atoms with Crippen LogP contribution in [0.2, 0.25) is 0 Å². The fourth-order valence-corrected chi connectivity index (χ4v) is 3.79. The summed E-state index contributed by atoms with van der Waals surface area (Å²) in [5.74, 6) is -2.33. The van der Waals surface area contributed by atoms with Gasteiger partial charge in [-0.05, 0) is 66.4 Å². The first-order valence-electron chi connectivity index (χ1n) is 11.1. The Morgan fingerprint density at radius 1 is 0.833 bits per heavy atom. The number of anilines is 1. The van der Waals surface area contributed by atoms with E-state index in [2.05, 4.69) is 15.6 Å². The Hall–Kier alpha value is -4.47. The molecule has 10 heteroatoms. The number of benzene rings is 3. The fourth-order valence-electron chi connectivity index (χ4n) is 3.79. The second-order valence-electron chi connectivity index (χ2n) is 8.04. The van der Waals surface area contributed by atoms with Crippen molar-refractivity contribution in [1.29, 1.82) is 0 Å². The largest absolute Gasteiger partial charge is 0.364 e. The van der Waals surface area contributed by atoms with Gasteiger partial charge >= 0.3 is 5.69 Å². The van der Waals surface area contributed by atoms with E-state index in [4.69, 9.17) is 0 Å². The van der Waals surface area contributed by atoms with Crippen LogP contribution in [0.15, 0.2) is 66.7 Å². The zero-order valence-electron chi connectivity index (χ0n) is 18.9. The summed E-state index contributed by atoms with van der Waals surface area (Å²) in [5.41, 5.74) is 0.877. The van der Waals surface area contributed by atoms with Crippen LogP contribution in [0.25, 0.3) is 10.9 Å². The molecule has 0 fully saturated rings. The van der Waals surface area contributed by atoms with Crippen molar-refractivity contribution in [3.8, 4) is 0 Å². The average molecular weight is 494 g/mol. The van der Waals surface area contributed by atoms with E-state index < -0.39 is 22.3 Å². The van der Waals surface area contributed by atoms with E-state index in [-0.39, 0.29) is 47.0 Å². The number of pyridine rings is 1. The topological polar surface area (TPSA) is 97.2 Å². The summed E-state index contributed by atoms with van der Waals surface area (Å²) in [4.78, 5) is 28.7. The lowest BCUT2D eigenvalue weighted by Crippen LogP contribution is -2.27. The predicted octanol–water partition coefficient (Wildman–Crippen LogP) is 5.19. The zero-order valence-corrected chi connectivity index (χ0v) is 18.9. The normalized spacial score (nSPS) is 10.9. The number of nitro groups is 1. The van der Waals surface area contributed by atoms with Gasteiger partial charge in [0.2, 0.25) is 5.82 Å². The molecule has 0 aliphatic heterocycles. The van der Waals surface area contributed by atoms with Crippen LogP contribution < -0.4 is 10.6 Å². The van der Waals surface area contributed by atoms with Gasteiger partial charge < -0.3 is 10.6 Å². The van der Waals surface area contributed by atoms with Gasteiger partial charge in [0.25, 0.3) is 5.91 Å². The number of carbonyl (C=O) groups excluding carboxylic acids is 1. The van der Waals surface area contributed by atoms with Crippen molar-refractivity contribution in [2.45, 2.75) is 12.8 Å². The van der Waals surface area contributed by atoms with Crippen molar-refractivity contribution in [3.63, 3.8) is 0 Å². The van der Waals surface area contributed by atoms with Crippen molar-refractivity contribution >= 4 is 28.3 Å². The number of aromatic nitrogens is 1. The van der Waals surface area contributed by atoms with Gasteiger partial charge in [0.1, 0.15) is 23.0 Å².